The summed E-state index contributed by atoms with van der Waals surface area (Å²) in [6, 6.07) is 27.8. The Morgan fingerprint density at radius 1 is 0.909 bits per heavy atom. The first-order valence-corrected chi connectivity index (χ1v) is 11.5. The summed E-state index contributed by atoms with van der Waals surface area (Å²) in [6.07, 6.45) is 0. The minimum Gasteiger partial charge on any atom is -0.493 e. The van der Waals surface area contributed by atoms with Gasteiger partial charge in [0.05, 0.1) is 12.6 Å². The fourth-order valence-electron chi connectivity index (χ4n) is 6.27. The van der Waals surface area contributed by atoms with Gasteiger partial charge in [-0.25, -0.2) is 0 Å². The maximum Gasteiger partial charge on any atom is 0.249 e. The summed E-state index contributed by atoms with van der Waals surface area (Å²) in [5, 5.41) is 0. The second kappa shape index (κ2) is 7.48. The summed E-state index contributed by atoms with van der Waals surface area (Å²) in [5.41, 5.74) is 2.11. The molecule has 0 bridgehead atoms. The first-order valence-electron chi connectivity index (χ1n) is 11.5. The lowest BCUT2D eigenvalue weighted by molar-refractivity contribution is -0.164. The third-order valence-electron chi connectivity index (χ3n) is 7.58. The second-order valence-electron chi connectivity index (χ2n) is 9.40. The van der Waals surface area contributed by atoms with Crippen LogP contribution < -0.4 is 4.74 Å². The van der Waals surface area contributed by atoms with Gasteiger partial charge < -0.3 is 14.5 Å². The topological polar surface area (TPSA) is 49.9 Å². The largest absolute Gasteiger partial charge is 0.493 e. The highest BCUT2D eigenvalue weighted by molar-refractivity contribution is 5.99. The summed E-state index contributed by atoms with van der Waals surface area (Å²) < 4.78 is 6.17. The van der Waals surface area contributed by atoms with Gasteiger partial charge >= 0.3 is 0 Å². The summed E-state index contributed by atoms with van der Waals surface area (Å²) in [6.45, 7) is 2.96. The molecule has 3 aliphatic heterocycles. The zero-order valence-electron chi connectivity index (χ0n) is 18.6. The number of fused-ring (bicyclic) bond motifs is 5. The van der Waals surface area contributed by atoms with E-state index in [1.54, 1.807) is 4.90 Å². The molecule has 0 radical (unpaired) electrons. The molecule has 166 valence electrons. The Hall–Kier alpha value is -3.60. The Balaban J connectivity index is 1.49. The van der Waals surface area contributed by atoms with Crippen molar-refractivity contribution in [1.82, 2.24) is 9.80 Å². The van der Waals surface area contributed by atoms with Crippen LogP contribution in [0.15, 0.2) is 84.9 Å². The molecular weight excluding hydrogens is 412 g/mol. The lowest BCUT2D eigenvalue weighted by Crippen LogP contribution is -2.65. The highest BCUT2D eigenvalue weighted by Gasteiger charge is 2.66. The molecular formula is C28H26N2O3. The van der Waals surface area contributed by atoms with E-state index in [1.807, 2.05) is 84.6 Å². The van der Waals surface area contributed by atoms with E-state index in [1.165, 1.54) is 0 Å². The van der Waals surface area contributed by atoms with Gasteiger partial charge in [-0.2, -0.15) is 0 Å². The van der Waals surface area contributed by atoms with E-state index in [-0.39, 0.29) is 36.2 Å². The molecule has 5 nitrogen and oxygen atoms in total. The maximum atomic E-state index is 14.2. The van der Waals surface area contributed by atoms with Crippen LogP contribution in [0, 0.1) is 5.92 Å². The number of para-hydroxylation sites is 1. The van der Waals surface area contributed by atoms with Crippen LogP contribution >= 0.6 is 0 Å². The van der Waals surface area contributed by atoms with Crippen molar-refractivity contribution in [3.8, 4) is 5.75 Å². The smallest absolute Gasteiger partial charge is 0.249 e. The number of hydrogen-bond donors (Lipinski definition) is 0. The number of rotatable bonds is 3. The molecule has 3 aromatic rings. The highest BCUT2D eigenvalue weighted by atomic mass is 16.5. The number of ether oxygens (including phenoxy) is 1. The Bertz CT molecular complexity index is 1210. The molecule has 4 atom stereocenters. The zero-order chi connectivity index (χ0) is 22.6. The second-order valence-corrected chi connectivity index (χ2v) is 9.40. The molecule has 3 aromatic carbocycles. The van der Waals surface area contributed by atoms with Gasteiger partial charge in [-0.1, -0.05) is 78.9 Å². The van der Waals surface area contributed by atoms with E-state index in [4.69, 9.17) is 4.74 Å². The fraction of sp³-hybridized carbons (Fsp3) is 0.286. The molecule has 5 heteroatoms. The monoisotopic (exact) mass is 438 g/mol. The van der Waals surface area contributed by atoms with Gasteiger partial charge in [0.15, 0.2) is 0 Å². The Morgan fingerprint density at radius 2 is 1.58 bits per heavy atom. The number of carbonyl (C=O) groups is 2. The number of benzene rings is 3. The van der Waals surface area contributed by atoms with Crippen molar-refractivity contribution >= 4 is 11.8 Å². The lowest BCUT2D eigenvalue weighted by atomic mass is 9.73. The third kappa shape index (κ3) is 2.92. The van der Waals surface area contributed by atoms with Crippen LogP contribution in [0.3, 0.4) is 0 Å². The van der Waals surface area contributed by atoms with E-state index in [0.717, 1.165) is 22.4 Å². The summed E-state index contributed by atoms with van der Waals surface area (Å²) in [4.78, 5) is 31.6. The molecule has 2 saturated heterocycles. The average Bonchev–Trinajstić information content (AvgIpc) is 3.14. The van der Waals surface area contributed by atoms with Gasteiger partial charge in [-0.15, -0.1) is 0 Å². The van der Waals surface area contributed by atoms with Crippen molar-refractivity contribution < 1.29 is 14.3 Å². The molecule has 2 amide bonds. The van der Waals surface area contributed by atoms with Crippen LogP contribution in [-0.4, -0.2) is 40.3 Å². The Morgan fingerprint density at radius 3 is 2.33 bits per heavy atom. The normalized spacial score (nSPS) is 28.1. The Kier molecular flexibility index (Phi) is 4.54. The molecule has 33 heavy (non-hydrogen) atoms. The molecule has 0 aromatic heterocycles. The van der Waals surface area contributed by atoms with Gasteiger partial charge in [-0.05, 0) is 24.1 Å². The van der Waals surface area contributed by atoms with E-state index in [9.17, 15) is 9.59 Å². The fourth-order valence-corrected chi connectivity index (χ4v) is 6.27. The van der Waals surface area contributed by atoms with Crippen LogP contribution in [0.5, 0.6) is 5.75 Å². The van der Waals surface area contributed by atoms with Crippen molar-refractivity contribution in [2.24, 2.45) is 5.92 Å². The van der Waals surface area contributed by atoms with Crippen molar-refractivity contribution in [1.29, 1.82) is 0 Å². The van der Waals surface area contributed by atoms with Crippen molar-refractivity contribution in [2.75, 3.05) is 13.2 Å². The van der Waals surface area contributed by atoms with Crippen LogP contribution in [-0.2, 0) is 16.1 Å². The first kappa shape index (κ1) is 20.0. The lowest BCUT2D eigenvalue weighted by Gasteiger charge is -2.47. The number of amides is 2. The predicted octanol–water partition coefficient (Wildman–Crippen LogP) is 4.16. The van der Waals surface area contributed by atoms with Crippen LogP contribution in [0.4, 0.5) is 0 Å². The minimum atomic E-state index is -0.985. The number of carbonyl (C=O) groups excluding carboxylic acids is 2. The quantitative estimate of drug-likeness (QED) is 0.617. The summed E-state index contributed by atoms with van der Waals surface area (Å²) >= 11 is 0. The maximum absolute atomic E-state index is 14.2. The van der Waals surface area contributed by atoms with Gasteiger partial charge in [0, 0.05) is 23.9 Å². The van der Waals surface area contributed by atoms with Gasteiger partial charge in [0.25, 0.3) is 0 Å². The minimum absolute atomic E-state index is 0.00170. The van der Waals surface area contributed by atoms with Gasteiger partial charge in [0.2, 0.25) is 11.8 Å². The van der Waals surface area contributed by atoms with Crippen LogP contribution in [0.25, 0.3) is 0 Å². The summed E-state index contributed by atoms with van der Waals surface area (Å²) in [7, 11) is 0. The van der Waals surface area contributed by atoms with Crippen molar-refractivity contribution in [2.45, 2.75) is 31.0 Å². The molecule has 3 heterocycles. The van der Waals surface area contributed by atoms with E-state index in [0.29, 0.717) is 13.2 Å². The molecule has 0 saturated carbocycles. The molecule has 3 unspecified atom stereocenters. The molecule has 0 spiro atoms. The Labute approximate surface area is 193 Å². The zero-order valence-corrected chi connectivity index (χ0v) is 18.6. The van der Waals surface area contributed by atoms with Crippen LogP contribution in [0.1, 0.15) is 35.6 Å². The molecule has 3 aliphatic rings. The van der Waals surface area contributed by atoms with Crippen molar-refractivity contribution in [3.63, 3.8) is 0 Å². The molecule has 0 N–H and O–H groups in total. The van der Waals surface area contributed by atoms with Gasteiger partial charge in [-0.3, -0.25) is 9.59 Å². The summed E-state index contributed by atoms with van der Waals surface area (Å²) in [5.74, 6) is 0.649. The number of nitrogens with zero attached hydrogens (tertiary/aromatic N) is 2. The number of piperazine rings is 1. The van der Waals surface area contributed by atoms with E-state index < -0.39 is 5.54 Å². The van der Waals surface area contributed by atoms with Crippen LogP contribution in [0.2, 0.25) is 0 Å². The predicted molar refractivity (Wildman–Crippen MR) is 124 cm³/mol. The molecule has 2 fully saturated rings. The molecule has 6 rings (SSSR count). The average molecular weight is 439 g/mol. The highest BCUT2D eigenvalue weighted by Crippen LogP contribution is 2.59. The van der Waals surface area contributed by atoms with E-state index in [2.05, 4.69) is 12.1 Å². The standard InChI is InChI=1S/C28H26N2O3/c1-28-25(20-12-6-3-7-13-20)22-18-33-23-15-9-8-14-21(23)26(22)30(28)24(31)17-29(27(28)32)16-19-10-4-2-5-11-19/h2-15,22,25-26H,16-18H2,1H3/t22?,25?,26?,28-/m1/s1. The van der Waals surface area contributed by atoms with Crippen molar-refractivity contribution in [3.05, 3.63) is 102 Å². The third-order valence-corrected chi connectivity index (χ3v) is 7.58. The van der Waals surface area contributed by atoms with E-state index >= 15 is 0 Å². The van der Waals surface area contributed by atoms with Gasteiger partial charge in [0.1, 0.15) is 17.8 Å². The first-order chi connectivity index (χ1) is 16.1. The number of hydrogen-bond acceptors (Lipinski definition) is 3. The SMILES string of the molecule is C[C@@]12C(=O)N(Cc3ccccc3)CC(=O)N1C1c3ccccc3OCC1C2c1ccccc1. The molecule has 0 aliphatic carbocycles.